The van der Waals surface area contributed by atoms with E-state index in [0.717, 1.165) is 5.39 Å². The van der Waals surface area contributed by atoms with Gasteiger partial charge in [0, 0.05) is 18.5 Å². The van der Waals surface area contributed by atoms with Crippen molar-refractivity contribution in [3.63, 3.8) is 0 Å². The van der Waals surface area contributed by atoms with Gasteiger partial charge in [0.05, 0.1) is 26.9 Å². The number of benzene rings is 2. The zero-order chi connectivity index (χ0) is 18.7. The number of aromatic nitrogens is 1. The number of hydrogen-bond acceptors (Lipinski definition) is 3. The van der Waals surface area contributed by atoms with Crippen LogP contribution in [0.2, 0.25) is 10.0 Å². The first-order valence-corrected chi connectivity index (χ1v) is 8.58. The van der Waals surface area contributed by atoms with Crippen LogP contribution in [0.15, 0.2) is 54.7 Å². The number of nitrogens with one attached hydrogen (secondary N) is 1. The maximum Gasteiger partial charge on any atom is 0.244 e. The molecule has 7 heteroatoms. The number of carbonyl (C=O) groups excluding carboxylic acids is 2. The number of halogens is 2. The second kappa shape index (κ2) is 7.72. The van der Waals surface area contributed by atoms with Crippen molar-refractivity contribution in [3.05, 3.63) is 64.8 Å². The number of carbonyl (C=O) groups is 2. The normalized spacial score (nSPS) is 10.6. The molecule has 2 amide bonds. The van der Waals surface area contributed by atoms with E-state index in [1.54, 1.807) is 30.5 Å². The Kier molecular flexibility index (Phi) is 5.40. The Balaban J connectivity index is 1.89. The molecule has 0 aliphatic rings. The summed E-state index contributed by atoms with van der Waals surface area (Å²) in [5.41, 5.74) is 1.53. The lowest BCUT2D eigenvalue weighted by Gasteiger charge is -2.22. The highest BCUT2D eigenvalue weighted by molar-refractivity contribution is 6.39. The van der Waals surface area contributed by atoms with Gasteiger partial charge in [0.1, 0.15) is 6.54 Å². The maximum atomic E-state index is 12.5. The molecular formula is C19H15Cl2N3O2. The third kappa shape index (κ3) is 3.79. The molecule has 0 unspecified atom stereocenters. The molecule has 1 aromatic heterocycles. The molecule has 0 spiro atoms. The minimum Gasteiger partial charge on any atom is -0.322 e. The Labute approximate surface area is 160 Å². The van der Waals surface area contributed by atoms with Crippen LogP contribution >= 0.6 is 23.2 Å². The molecule has 26 heavy (non-hydrogen) atoms. The smallest absolute Gasteiger partial charge is 0.244 e. The third-order valence-corrected chi connectivity index (χ3v) is 4.44. The van der Waals surface area contributed by atoms with Crippen molar-refractivity contribution in [3.8, 4) is 0 Å². The number of pyridine rings is 1. The van der Waals surface area contributed by atoms with Gasteiger partial charge in [-0.1, -0.05) is 47.5 Å². The van der Waals surface area contributed by atoms with Gasteiger partial charge in [0.25, 0.3) is 0 Å². The fourth-order valence-electron chi connectivity index (χ4n) is 2.61. The van der Waals surface area contributed by atoms with Crippen molar-refractivity contribution >= 4 is 57.3 Å². The summed E-state index contributed by atoms with van der Waals surface area (Å²) in [6.07, 6.45) is 1.65. The molecule has 0 aliphatic carbocycles. The monoisotopic (exact) mass is 387 g/mol. The van der Waals surface area contributed by atoms with Crippen molar-refractivity contribution in [1.29, 1.82) is 0 Å². The van der Waals surface area contributed by atoms with E-state index in [4.69, 9.17) is 23.2 Å². The molecule has 3 aromatic rings. The van der Waals surface area contributed by atoms with Gasteiger partial charge in [-0.15, -0.1) is 0 Å². The van der Waals surface area contributed by atoms with Gasteiger partial charge < -0.3 is 10.2 Å². The van der Waals surface area contributed by atoms with Gasteiger partial charge in [0.2, 0.25) is 11.8 Å². The lowest BCUT2D eigenvalue weighted by atomic mass is 10.1. The standard InChI is InChI=1S/C19H15Cl2N3O2/c1-12(25)24(16-9-2-5-13-6-4-10-22-18(13)16)11-17(26)23-19-14(20)7-3-8-15(19)21/h2-10H,11H2,1H3,(H,23,26). The highest BCUT2D eigenvalue weighted by Gasteiger charge is 2.19. The largest absolute Gasteiger partial charge is 0.322 e. The zero-order valence-electron chi connectivity index (χ0n) is 13.9. The van der Waals surface area contributed by atoms with E-state index in [-0.39, 0.29) is 12.5 Å². The van der Waals surface area contributed by atoms with Crippen LogP contribution in [0.5, 0.6) is 0 Å². The molecule has 0 fully saturated rings. The predicted molar refractivity (Wildman–Crippen MR) is 105 cm³/mol. The average Bonchev–Trinajstić information content (AvgIpc) is 2.62. The average molecular weight is 388 g/mol. The first-order chi connectivity index (χ1) is 12.5. The molecule has 0 radical (unpaired) electrons. The van der Waals surface area contributed by atoms with Crippen molar-refractivity contribution in [2.75, 3.05) is 16.8 Å². The fourth-order valence-corrected chi connectivity index (χ4v) is 3.10. The van der Waals surface area contributed by atoms with E-state index < -0.39 is 5.91 Å². The first kappa shape index (κ1) is 18.2. The van der Waals surface area contributed by atoms with Crippen LogP contribution in [-0.2, 0) is 9.59 Å². The number of anilines is 2. The molecule has 0 saturated carbocycles. The minimum absolute atomic E-state index is 0.188. The van der Waals surface area contributed by atoms with E-state index in [0.29, 0.717) is 26.9 Å². The summed E-state index contributed by atoms with van der Waals surface area (Å²) in [6.45, 7) is 1.21. The molecule has 5 nitrogen and oxygen atoms in total. The van der Waals surface area contributed by atoms with Crippen LogP contribution < -0.4 is 10.2 Å². The molecule has 3 rings (SSSR count). The Bertz CT molecular complexity index is 966. The molecular weight excluding hydrogens is 373 g/mol. The molecule has 0 bridgehead atoms. The van der Waals surface area contributed by atoms with Crippen molar-refractivity contribution in [1.82, 2.24) is 4.98 Å². The fraction of sp³-hybridized carbons (Fsp3) is 0.105. The lowest BCUT2D eigenvalue weighted by molar-refractivity contribution is -0.120. The lowest BCUT2D eigenvalue weighted by Crippen LogP contribution is -2.37. The molecule has 132 valence electrons. The molecule has 2 aromatic carbocycles. The number of nitrogens with zero attached hydrogens (tertiary/aromatic N) is 2. The van der Waals surface area contributed by atoms with Gasteiger partial charge in [-0.3, -0.25) is 14.6 Å². The second-order valence-corrected chi connectivity index (χ2v) is 6.42. The van der Waals surface area contributed by atoms with Crippen LogP contribution in [0, 0.1) is 0 Å². The van der Waals surface area contributed by atoms with Crippen molar-refractivity contribution in [2.24, 2.45) is 0 Å². The Morgan fingerprint density at radius 1 is 1.04 bits per heavy atom. The maximum absolute atomic E-state index is 12.5. The van der Waals surface area contributed by atoms with E-state index in [1.165, 1.54) is 11.8 Å². The molecule has 0 atom stereocenters. The summed E-state index contributed by atoms with van der Waals surface area (Å²) in [6, 6.07) is 14.1. The highest BCUT2D eigenvalue weighted by Crippen LogP contribution is 2.30. The quantitative estimate of drug-likeness (QED) is 0.714. The third-order valence-electron chi connectivity index (χ3n) is 3.81. The van der Waals surface area contributed by atoms with Crippen molar-refractivity contribution in [2.45, 2.75) is 6.92 Å². The topological polar surface area (TPSA) is 62.3 Å². The van der Waals surface area contributed by atoms with E-state index >= 15 is 0 Å². The van der Waals surface area contributed by atoms with E-state index in [2.05, 4.69) is 10.3 Å². The van der Waals surface area contributed by atoms with Gasteiger partial charge in [0.15, 0.2) is 0 Å². The van der Waals surface area contributed by atoms with E-state index in [9.17, 15) is 9.59 Å². The Morgan fingerprint density at radius 2 is 1.69 bits per heavy atom. The Morgan fingerprint density at radius 3 is 2.38 bits per heavy atom. The predicted octanol–water partition coefficient (Wildman–Crippen LogP) is 4.53. The number of amides is 2. The molecule has 1 N–H and O–H groups in total. The minimum atomic E-state index is -0.414. The summed E-state index contributed by atoms with van der Waals surface area (Å²) in [5.74, 6) is -0.688. The first-order valence-electron chi connectivity index (χ1n) is 7.83. The van der Waals surface area contributed by atoms with Gasteiger partial charge in [-0.25, -0.2) is 0 Å². The van der Waals surface area contributed by atoms with Gasteiger partial charge >= 0.3 is 0 Å². The summed E-state index contributed by atoms with van der Waals surface area (Å²) in [4.78, 5) is 30.4. The van der Waals surface area contributed by atoms with Gasteiger partial charge in [-0.05, 0) is 24.3 Å². The number of para-hydroxylation sites is 2. The van der Waals surface area contributed by atoms with Crippen molar-refractivity contribution < 1.29 is 9.59 Å². The van der Waals surface area contributed by atoms with Crippen LogP contribution in [0.3, 0.4) is 0 Å². The number of hydrogen-bond donors (Lipinski definition) is 1. The van der Waals surface area contributed by atoms with Gasteiger partial charge in [-0.2, -0.15) is 0 Å². The molecule has 1 heterocycles. The molecule has 0 aliphatic heterocycles. The summed E-state index contributed by atoms with van der Waals surface area (Å²) in [7, 11) is 0. The van der Waals surface area contributed by atoms with E-state index in [1.807, 2.05) is 24.3 Å². The van der Waals surface area contributed by atoms with Crippen LogP contribution in [-0.4, -0.2) is 23.3 Å². The van der Waals surface area contributed by atoms with Crippen LogP contribution in [0.25, 0.3) is 10.9 Å². The summed E-state index contributed by atoms with van der Waals surface area (Å²) < 4.78 is 0. The zero-order valence-corrected chi connectivity index (χ0v) is 15.4. The SMILES string of the molecule is CC(=O)N(CC(=O)Nc1c(Cl)cccc1Cl)c1cccc2cccnc12. The highest BCUT2D eigenvalue weighted by atomic mass is 35.5. The summed E-state index contributed by atoms with van der Waals surface area (Å²) >= 11 is 12.2. The van der Waals surface area contributed by atoms with Crippen LogP contribution in [0.4, 0.5) is 11.4 Å². The number of rotatable bonds is 4. The summed E-state index contributed by atoms with van der Waals surface area (Å²) in [5, 5.41) is 4.20. The molecule has 0 saturated heterocycles. The number of fused-ring (bicyclic) bond motifs is 1. The van der Waals surface area contributed by atoms with Crippen LogP contribution in [0.1, 0.15) is 6.92 Å². The second-order valence-electron chi connectivity index (χ2n) is 5.60. The Hall–Kier alpha value is -2.63.